The van der Waals surface area contributed by atoms with E-state index in [1.165, 1.54) is 0 Å². The number of methoxy groups -OCH3 is 2. The molecule has 4 aromatic rings. The van der Waals surface area contributed by atoms with E-state index in [-0.39, 0.29) is 5.91 Å². The number of carbonyl (C=O) groups excluding carboxylic acids is 1. The normalized spacial score (nSPS) is 14.1. The van der Waals surface area contributed by atoms with Crippen LogP contribution in [0, 0.1) is 0 Å². The Morgan fingerprint density at radius 1 is 0.833 bits per heavy atom. The van der Waals surface area contributed by atoms with Gasteiger partial charge in [0.1, 0.15) is 5.82 Å². The number of rotatable bonds is 6. The molecule has 0 aliphatic carbocycles. The molecule has 0 bridgehead atoms. The lowest BCUT2D eigenvalue weighted by Gasteiger charge is -2.35. The lowest BCUT2D eigenvalue weighted by molar-refractivity contribution is -0.125. The second-order valence-corrected chi connectivity index (χ2v) is 8.53. The van der Waals surface area contributed by atoms with E-state index in [1.54, 1.807) is 14.2 Å². The fourth-order valence-corrected chi connectivity index (χ4v) is 4.40. The first-order valence-corrected chi connectivity index (χ1v) is 11.9. The van der Waals surface area contributed by atoms with E-state index in [0.717, 1.165) is 28.0 Å². The first-order valence-electron chi connectivity index (χ1n) is 11.9. The van der Waals surface area contributed by atoms with Crippen LogP contribution in [0.15, 0.2) is 79.0 Å². The maximum Gasteiger partial charge on any atom is 0.254 e. The molecule has 36 heavy (non-hydrogen) atoms. The van der Waals surface area contributed by atoms with E-state index in [0.29, 0.717) is 43.3 Å². The van der Waals surface area contributed by atoms with Crippen LogP contribution in [0.3, 0.4) is 0 Å². The molecule has 2 heterocycles. The number of carbonyl (C=O) groups is 1. The quantitative estimate of drug-likeness (QED) is 0.298. The minimum atomic E-state index is 0.000213. The third kappa shape index (κ3) is 4.86. The predicted octanol–water partition coefficient (Wildman–Crippen LogP) is 4.54. The molecule has 7 nitrogen and oxygen atoms in total. The highest BCUT2D eigenvalue weighted by Gasteiger charge is 2.25. The molecule has 1 saturated heterocycles. The van der Waals surface area contributed by atoms with Crippen LogP contribution in [0.2, 0.25) is 0 Å². The maximum absolute atomic E-state index is 13.8. The predicted molar refractivity (Wildman–Crippen MR) is 142 cm³/mol. The molecular formula is C29H28N4O3. The average molecular weight is 481 g/mol. The largest absolute Gasteiger partial charge is 0.493 e. The molecule has 0 radical (unpaired) electrons. The molecule has 1 aliphatic heterocycles. The molecule has 0 spiro atoms. The van der Waals surface area contributed by atoms with Gasteiger partial charge in [0.15, 0.2) is 11.5 Å². The topological polar surface area (TPSA) is 67.8 Å². The molecule has 7 heteroatoms. The van der Waals surface area contributed by atoms with Crippen LogP contribution in [0.4, 0.5) is 5.82 Å². The number of anilines is 1. The van der Waals surface area contributed by atoms with Crippen molar-refractivity contribution < 1.29 is 14.3 Å². The van der Waals surface area contributed by atoms with E-state index < -0.39 is 0 Å². The zero-order valence-electron chi connectivity index (χ0n) is 20.4. The van der Waals surface area contributed by atoms with Gasteiger partial charge < -0.3 is 19.3 Å². The van der Waals surface area contributed by atoms with Crippen LogP contribution in [-0.2, 0) is 4.79 Å². The second-order valence-electron chi connectivity index (χ2n) is 8.53. The van der Waals surface area contributed by atoms with Crippen LogP contribution < -0.4 is 14.4 Å². The van der Waals surface area contributed by atoms with Crippen molar-refractivity contribution >= 4 is 34.4 Å². The fourth-order valence-electron chi connectivity index (χ4n) is 4.40. The number of benzene rings is 3. The lowest BCUT2D eigenvalue weighted by atomic mass is 10.0. The van der Waals surface area contributed by atoms with Gasteiger partial charge in [0, 0.05) is 31.8 Å². The number of piperazine rings is 1. The summed E-state index contributed by atoms with van der Waals surface area (Å²) in [7, 11) is 3.21. The molecule has 0 N–H and O–H groups in total. The molecule has 0 saturated carbocycles. The van der Waals surface area contributed by atoms with Crippen LogP contribution in [0.5, 0.6) is 11.5 Å². The van der Waals surface area contributed by atoms with Crippen molar-refractivity contribution in [3.63, 3.8) is 0 Å². The number of amides is 1. The molecule has 1 fully saturated rings. The Hall–Kier alpha value is -4.39. The Morgan fingerprint density at radius 3 is 2.25 bits per heavy atom. The lowest BCUT2D eigenvalue weighted by Crippen LogP contribution is -2.49. The Balaban J connectivity index is 1.37. The van der Waals surface area contributed by atoms with Crippen molar-refractivity contribution in [1.82, 2.24) is 14.9 Å². The highest BCUT2D eigenvalue weighted by molar-refractivity contribution is 6.24. The summed E-state index contributed by atoms with van der Waals surface area (Å²) in [5, 5.41) is 0. The molecule has 1 amide bonds. The Morgan fingerprint density at radius 2 is 1.53 bits per heavy atom. The monoisotopic (exact) mass is 480 g/mol. The van der Waals surface area contributed by atoms with Crippen molar-refractivity contribution in [2.45, 2.75) is 0 Å². The zero-order chi connectivity index (χ0) is 24.9. The second kappa shape index (κ2) is 10.5. The Kier molecular flexibility index (Phi) is 6.80. The minimum absolute atomic E-state index is 0.000213. The minimum Gasteiger partial charge on any atom is -0.493 e. The third-order valence-electron chi connectivity index (χ3n) is 6.36. The van der Waals surface area contributed by atoms with Crippen molar-refractivity contribution in [2.24, 2.45) is 0 Å². The summed E-state index contributed by atoms with van der Waals surface area (Å²) in [5.41, 5.74) is 4.13. The number of para-hydroxylation sites is 2. The standard InChI is InChI=1S/C29H28N4O3/c1-35-26-13-12-21(19-27(26)36-2)18-23(22-8-4-3-5-9-22)29(34)33-16-14-32(15-17-33)28-20-30-24-10-6-7-11-25(24)31-28/h3-13,18-20H,14-17H2,1-2H3/b23-18+. The molecule has 0 atom stereocenters. The van der Waals surface area contributed by atoms with Crippen LogP contribution in [0.1, 0.15) is 11.1 Å². The first kappa shape index (κ1) is 23.4. The number of nitrogens with zero attached hydrogens (tertiary/aromatic N) is 4. The van der Waals surface area contributed by atoms with E-state index in [1.807, 2.05) is 90.0 Å². The first-order chi connectivity index (χ1) is 17.7. The van der Waals surface area contributed by atoms with Crippen molar-refractivity contribution in [3.8, 4) is 11.5 Å². The molecule has 3 aromatic carbocycles. The summed E-state index contributed by atoms with van der Waals surface area (Å²) in [6, 6.07) is 23.3. The van der Waals surface area contributed by atoms with Gasteiger partial charge in [-0.1, -0.05) is 48.5 Å². The maximum atomic E-state index is 13.8. The molecule has 5 rings (SSSR count). The number of aromatic nitrogens is 2. The zero-order valence-corrected chi connectivity index (χ0v) is 20.4. The Labute approximate surface area is 210 Å². The molecule has 182 valence electrons. The number of hydrogen-bond acceptors (Lipinski definition) is 6. The third-order valence-corrected chi connectivity index (χ3v) is 6.36. The summed E-state index contributed by atoms with van der Waals surface area (Å²) < 4.78 is 10.8. The highest BCUT2D eigenvalue weighted by Crippen LogP contribution is 2.30. The van der Waals surface area contributed by atoms with Gasteiger partial charge in [-0.05, 0) is 41.5 Å². The summed E-state index contributed by atoms with van der Waals surface area (Å²) in [4.78, 5) is 27.1. The number of fused-ring (bicyclic) bond motifs is 1. The summed E-state index contributed by atoms with van der Waals surface area (Å²) in [6.45, 7) is 2.58. The molecule has 0 unspecified atom stereocenters. The van der Waals surface area contributed by atoms with Gasteiger partial charge in [0.25, 0.3) is 5.91 Å². The van der Waals surface area contributed by atoms with Crippen molar-refractivity contribution in [3.05, 3.63) is 90.1 Å². The smallest absolute Gasteiger partial charge is 0.254 e. The van der Waals surface area contributed by atoms with Gasteiger partial charge in [0.2, 0.25) is 0 Å². The highest BCUT2D eigenvalue weighted by atomic mass is 16.5. The molecule has 1 aromatic heterocycles. The van der Waals surface area contributed by atoms with E-state index >= 15 is 0 Å². The molecule has 1 aliphatic rings. The number of hydrogen-bond donors (Lipinski definition) is 0. The number of ether oxygens (including phenoxy) is 2. The summed E-state index contributed by atoms with van der Waals surface area (Å²) in [5.74, 6) is 2.11. The SMILES string of the molecule is COc1ccc(/C=C(/C(=O)N2CCN(c3cnc4ccccc4n3)CC2)c2ccccc2)cc1OC. The van der Waals surface area contributed by atoms with Gasteiger partial charge in [-0.2, -0.15) is 0 Å². The van der Waals surface area contributed by atoms with Crippen LogP contribution >= 0.6 is 0 Å². The van der Waals surface area contributed by atoms with Crippen molar-refractivity contribution in [1.29, 1.82) is 0 Å². The van der Waals surface area contributed by atoms with Gasteiger partial charge in [-0.3, -0.25) is 9.78 Å². The van der Waals surface area contributed by atoms with Gasteiger partial charge in [-0.25, -0.2) is 4.98 Å². The van der Waals surface area contributed by atoms with E-state index in [2.05, 4.69) is 9.88 Å². The van der Waals surface area contributed by atoms with E-state index in [4.69, 9.17) is 14.5 Å². The van der Waals surface area contributed by atoms with Gasteiger partial charge in [0.05, 0.1) is 31.4 Å². The van der Waals surface area contributed by atoms with Gasteiger partial charge >= 0.3 is 0 Å². The molecular weight excluding hydrogens is 452 g/mol. The van der Waals surface area contributed by atoms with Crippen molar-refractivity contribution in [2.75, 3.05) is 45.3 Å². The average Bonchev–Trinajstić information content (AvgIpc) is 2.95. The van der Waals surface area contributed by atoms with Crippen LogP contribution in [-0.4, -0.2) is 61.2 Å². The van der Waals surface area contributed by atoms with Crippen LogP contribution in [0.25, 0.3) is 22.7 Å². The Bertz CT molecular complexity index is 1400. The summed E-state index contributed by atoms with van der Waals surface area (Å²) >= 11 is 0. The van der Waals surface area contributed by atoms with Gasteiger partial charge in [-0.15, -0.1) is 0 Å². The summed E-state index contributed by atoms with van der Waals surface area (Å²) in [6.07, 6.45) is 3.73. The fraction of sp³-hybridized carbons (Fsp3) is 0.207. The van der Waals surface area contributed by atoms with E-state index in [9.17, 15) is 4.79 Å².